The fourth-order valence-corrected chi connectivity index (χ4v) is 3.70. The normalized spacial score (nSPS) is 28.6. The van der Waals surface area contributed by atoms with Gasteiger partial charge in [-0.3, -0.25) is 9.80 Å². The van der Waals surface area contributed by atoms with Crippen molar-refractivity contribution >= 4 is 0 Å². The number of hydrogen-bond acceptors (Lipinski definition) is 4. The Bertz CT molecular complexity index is 457. The number of aryl methyl sites for hydroxylation is 1. The van der Waals surface area contributed by atoms with Crippen molar-refractivity contribution in [1.29, 1.82) is 0 Å². The molecule has 0 spiro atoms. The summed E-state index contributed by atoms with van der Waals surface area (Å²) >= 11 is 0. The molecule has 4 heteroatoms. The van der Waals surface area contributed by atoms with E-state index in [1.165, 1.54) is 44.5 Å². The van der Waals surface area contributed by atoms with Gasteiger partial charge in [-0.1, -0.05) is 6.42 Å². The highest BCUT2D eigenvalue weighted by atomic mass is 16.3. The van der Waals surface area contributed by atoms with Crippen LogP contribution in [0.15, 0.2) is 10.5 Å². The SMILES string of the molecule is Cc1oc(CN)cc1CN1CC2CCCCN2CC1C. The van der Waals surface area contributed by atoms with Crippen molar-refractivity contribution in [3.05, 3.63) is 23.2 Å². The second kappa shape index (κ2) is 5.88. The number of hydrogen-bond donors (Lipinski definition) is 1. The molecule has 1 aromatic heterocycles. The zero-order chi connectivity index (χ0) is 14.1. The molecule has 2 fully saturated rings. The van der Waals surface area contributed by atoms with Gasteiger partial charge in [0, 0.05) is 37.3 Å². The molecule has 2 saturated heterocycles. The summed E-state index contributed by atoms with van der Waals surface area (Å²) in [6.45, 7) is 9.60. The van der Waals surface area contributed by atoms with E-state index in [1.54, 1.807) is 0 Å². The summed E-state index contributed by atoms with van der Waals surface area (Å²) < 4.78 is 5.69. The van der Waals surface area contributed by atoms with E-state index in [0.717, 1.165) is 24.1 Å². The average molecular weight is 277 g/mol. The largest absolute Gasteiger partial charge is 0.465 e. The third kappa shape index (κ3) is 2.78. The molecule has 2 aliphatic rings. The van der Waals surface area contributed by atoms with Crippen molar-refractivity contribution in [2.45, 2.75) is 58.3 Å². The summed E-state index contributed by atoms with van der Waals surface area (Å²) in [5, 5.41) is 0. The Kier molecular flexibility index (Phi) is 4.15. The maximum Gasteiger partial charge on any atom is 0.118 e. The fourth-order valence-electron chi connectivity index (χ4n) is 3.70. The number of nitrogens with zero attached hydrogens (tertiary/aromatic N) is 2. The Morgan fingerprint density at radius 1 is 1.35 bits per heavy atom. The van der Waals surface area contributed by atoms with Gasteiger partial charge in [-0.15, -0.1) is 0 Å². The summed E-state index contributed by atoms with van der Waals surface area (Å²) in [6, 6.07) is 3.52. The third-order valence-electron chi connectivity index (χ3n) is 4.96. The smallest absolute Gasteiger partial charge is 0.118 e. The Labute approximate surface area is 121 Å². The Morgan fingerprint density at radius 3 is 2.95 bits per heavy atom. The lowest BCUT2D eigenvalue weighted by molar-refractivity contribution is 0.0109. The van der Waals surface area contributed by atoms with Gasteiger partial charge in [0.1, 0.15) is 11.5 Å². The van der Waals surface area contributed by atoms with Gasteiger partial charge in [-0.25, -0.2) is 0 Å². The van der Waals surface area contributed by atoms with Crippen LogP contribution in [0.4, 0.5) is 0 Å². The number of piperidine rings is 1. The molecule has 4 nitrogen and oxygen atoms in total. The van der Waals surface area contributed by atoms with E-state index in [2.05, 4.69) is 29.7 Å². The Balaban J connectivity index is 1.68. The van der Waals surface area contributed by atoms with Crippen molar-refractivity contribution in [2.75, 3.05) is 19.6 Å². The van der Waals surface area contributed by atoms with Crippen molar-refractivity contribution < 1.29 is 4.42 Å². The summed E-state index contributed by atoms with van der Waals surface area (Å²) in [5.41, 5.74) is 6.97. The molecule has 0 radical (unpaired) electrons. The van der Waals surface area contributed by atoms with Gasteiger partial charge in [-0.2, -0.15) is 0 Å². The zero-order valence-corrected chi connectivity index (χ0v) is 12.8. The van der Waals surface area contributed by atoms with Crippen LogP contribution in [0.5, 0.6) is 0 Å². The molecular formula is C16H27N3O. The first-order valence-corrected chi connectivity index (χ1v) is 7.93. The number of rotatable bonds is 3. The van der Waals surface area contributed by atoms with Crippen molar-refractivity contribution in [1.82, 2.24) is 9.80 Å². The third-order valence-corrected chi connectivity index (χ3v) is 4.96. The van der Waals surface area contributed by atoms with Crippen molar-refractivity contribution in [3.8, 4) is 0 Å². The first-order valence-electron chi connectivity index (χ1n) is 7.93. The van der Waals surface area contributed by atoms with E-state index < -0.39 is 0 Å². The highest BCUT2D eigenvalue weighted by molar-refractivity contribution is 5.21. The van der Waals surface area contributed by atoms with Crippen LogP contribution in [-0.4, -0.2) is 41.5 Å². The van der Waals surface area contributed by atoms with Crippen LogP contribution in [0.1, 0.15) is 43.3 Å². The number of nitrogens with two attached hydrogens (primary N) is 1. The second-order valence-corrected chi connectivity index (χ2v) is 6.42. The molecule has 20 heavy (non-hydrogen) atoms. The summed E-state index contributed by atoms with van der Waals surface area (Å²) in [4.78, 5) is 5.31. The lowest BCUT2D eigenvalue weighted by Gasteiger charge is -2.47. The van der Waals surface area contributed by atoms with Gasteiger partial charge >= 0.3 is 0 Å². The average Bonchev–Trinajstić information content (AvgIpc) is 2.80. The Hall–Kier alpha value is -0.840. The highest BCUT2D eigenvalue weighted by Crippen LogP contribution is 2.26. The zero-order valence-electron chi connectivity index (χ0n) is 12.8. The number of furan rings is 1. The lowest BCUT2D eigenvalue weighted by Crippen LogP contribution is -2.58. The standard InChI is InChI=1S/C16H27N3O/c1-12-9-18-6-4-3-5-15(18)11-19(12)10-14-7-16(8-17)20-13(14)2/h7,12,15H,3-6,8-11,17H2,1-2H3. The van der Waals surface area contributed by atoms with Crippen LogP contribution in [-0.2, 0) is 13.1 Å². The summed E-state index contributed by atoms with van der Waals surface area (Å²) in [7, 11) is 0. The van der Waals surface area contributed by atoms with Gasteiger partial charge in [0.15, 0.2) is 0 Å². The number of piperazine rings is 1. The van der Waals surface area contributed by atoms with Crippen LogP contribution in [0.2, 0.25) is 0 Å². The van der Waals surface area contributed by atoms with E-state index >= 15 is 0 Å². The molecule has 112 valence electrons. The van der Waals surface area contributed by atoms with Crippen molar-refractivity contribution in [3.63, 3.8) is 0 Å². The first kappa shape index (κ1) is 14.1. The molecule has 2 N–H and O–H groups in total. The minimum Gasteiger partial charge on any atom is -0.465 e. The minimum atomic E-state index is 0.493. The van der Waals surface area contributed by atoms with E-state index in [1.807, 2.05) is 0 Å². The highest BCUT2D eigenvalue weighted by Gasteiger charge is 2.33. The molecule has 2 atom stereocenters. The summed E-state index contributed by atoms with van der Waals surface area (Å²) in [5.74, 6) is 1.94. The fraction of sp³-hybridized carbons (Fsp3) is 0.750. The predicted octanol–water partition coefficient (Wildman–Crippen LogP) is 2.11. The topological polar surface area (TPSA) is 45.6 Å². The molecule has 2 unspecified atom stereocenters. The molecule has 0 aromatic carbocycles. The molecule has 0 bridgehead atoms. The van der Waals surface area contributed by atoms with Gasteiger partial charge in [0.05, 0.1) is 6.54 Å². The van der Waals surface area contributed by atoms with E-state index in [0.29, 0.717) is 12.6 Å². The molecule has 3 rings (SSSR count). The molecule has 2 aliphatic heterocycles. The van der Waals surface area contributed by atoms with Crippen LogP contribution in [0.25, 0.3) is 0 Å². The monoisotopic (exact) mass is 277 g/mol. The molecule has 1 aromatic rings. The predicted molar refractivity (Wildman–Crippen MR) is 80.4 cm³/mol. The van der Waals surface area contributed by atoms with E-state index in [4.69, 9.17) is 10.2 Å². The van der Waals surface area contributed by atoms with Crippen LogP contribution in [0, 0.1) is 6.92 Å². The molecule has 3 heterocycles. The maximum atomic E-state index is 5.69. The molecule has 0 saturated carbocycles. The molecular weight excluding hydrogens is 250 g/mol. The van der Waals surface area contributed by atoms with Gasteiger partial charge in [0.2, 0.25) is 0 Å². The van der Waals surface area contributed by atoms with Gasteiger partial charge in [-0.05, 0) is 39.3 Å². The van der Waals surface area contributed by atoms with Crippen LogP contribution < -0.4 is 5.73 Å². The van der Waals surface area contributed by atoms with Gasteiger partial charge in [0.25, 0.3) is 0 Å². The Morgan fingerprint density at radius 2 is 2.20 bits per heavy atom. The van der Waals surface area contributed by atoms with E-state index in [-0.39, 0.29) is 0 Å². The van der Waals surface area contributed by atoms with E-state index in [9.17, 15) is 0 Å². The lowest BCUT2D eigenvalue weighted by atomic mass is 9.97. The maximum absolute atomic E-state index is 5.69. The molecule has 0 amide bonds. The molecule has 0 aliphatic carbocycles. The minimum absolute atomic E-state index is 0.493. The van der Waals surface area contributed by atoms with Crippen LogP contribution in [0.3, 0.4) is 0 Å². The quantitative estimate of drug-likeness (QED) is 0.919. The van der Waals surface area contributed by atoms with Gasteiger partial charge < -0.3 is 10.2 Å². The first-order chi connectivity index (χ1) is 9.67. The summed E-state index contributed by atoms with van der Waals surface area (Å²) in [6.07, 6.45) is 4.14. The number of fused-ring (bicyclic) bond motifs is 1. The van der Waals surface area contributed by atoms with Crippen LogP contribution >= 0.6 is 0 Å². The van der Waals surface area contributed by atoms with Crippen molar-refractivity contribution in [2.24, 2.45) is 5.73 Å². The second-order valence-electron chi connectivity index (χ2n) is 6.42.